The van der Waals surface area contributed by atoms with Crippen molar-refractivity contribution in [1.29, 1.82) is 0 Å². The van der Waals surface area contributed by atoms with Gasteiger partial charge in [-0.2, -0.15) is 5.10 Å². The molecule has 2 rings (SSSR count). The molecule has 2 aromatic rings. The van der Waals surface area contributed by atoms with Crippen LogP contribution in [0.25, 0.3) is 0 Å². The lowest BCUT2D eigenvalue weighted by Gasteiger charge is -2.17. The lowest BCUT2D eigenvalue weighted by Crippen LogP contribution is -2.25. The molecule has 114 valence electrons. The van der Waals surface area contributed by atoms with Crippen LogP contribution in [-0.2, 0) is 19.9 Å². The Bertz CT molecular complexity index is 504. The van der Waals surface area contributed by atoms with E-state index in [4.69, 9.17) is 0 Å². The largest absolute Gasteiger partial charge is 0.316 e. The molecule has 0 saturated carbocycles. The maximum absolute atomic E-state index is 4.26. The van der Waals surface area contributed by atoms with Crippen molar-refractivity contribution in [2.75, 3.05) is 13.1 Å². The summed E-state index contributed by atoms with van der Waals surface area (Å²) < 4.78 is 1.89. The van der Waals surface area contributed by atoms with Crippen LogP contribution >= 0.6 is 0 Å². The Morgan fingerprint density at radius 3 is 2.67 bits per heavy atom. The van der Waals surface area contributed by atoms with E-state index in [1.165, 1.54) is 24.0 Å². The molecule has 1 aromatic carbocycles. The molecule has 0 aliphatic heterocycles. The van der Waals surface area contributed by atoms with Crippen LogP contribution in [0.2, 0.25) is 0 Å². The van der Waals surface area contributed by atoms with Gasteiger partial charge >= 0.3 is 0 Å². The van der Waals surface area contributed by atoms with Gasteiger partial charge < -0.3 is 5.32 Å². The quantitative estimate of drug-likeness (QED) is 0.717. The average molecular weight is 285 g/mol. The molecule has 1 unspecified atom stereocenters. The number of nitrogens with zero attached hydrogens (tertiary/aromatic N) is 2. The van der Waals surface area contributed by atoms with E-state index >= 15 is 0 Å². The summed E-state index contributed by atoms with van der Waals surface area (Å²) >= 11 is 0. The van der Waals surface area contributed by atoms with Gasteiger partial charge in [0, 0.05) is 13.2 Å². The fourth-order valence-corrected chi connectivity index (χ4v) is 2.68. The Balaban J connectivity index is 1.88. The predicted octanol–water partition coefficient (Wildman–Crippen LogP) is 3.21. The maximum Gasteiger partial charge on any atom is 0.0521 e. The summed E-state index contributed by atoms with van der Waals surface area (Å²) in [6.07, 6.45) is 8.77. The van der Waals surface area contributed by atoms with E-state index in [2.05, 4.69) is 53.9 Å². The second kappa shape index (κ2) is 8.63. The van der Waals surface area contributed by atoms with Gasteiger partial charge in [0.25, 0.3) is 0 Å². The van der Waals surface area contributed by atoms with Crippen molar-refractivity contribution in [3.8, 4) is 0 Å². The summed E-state index contributed by atoms with van der Waals surface area (Å²) in [4.78, 5) is 0. The summed E-state index contributed by atoms with van der Waals surface area (Å²) in [6, 6.07) is 10.8. The topological polar surface area (TPSA) is 29.9 Å². The van der Waals surface area contributed by atoms with Gasteiger partial charge in [-0.15, -0.1) is 0 Å². The minimum absolute atomic E-state index is 0.680. The van der Waals surface area contributed by atoms with Crippen molar-refractivity contribution >= 4 is 0 Å². The molecular formula is C18H27N3. The zero-order valence-electron chi connectivity index (χ0n) is 13.3. The molecule has 0 spiro atoms. The van der Waals surface area contributed by atoms with Crippen molar-refractivity contribution < 1.29 is 0 Å². The molecule has 0 fully saturated rings. The number of rotatable bonds is 9. The standard InChI is InChI=1S/C18H27N3/c1-3-11-19-13-17(12-16-7-5-4-6-8-16)9-10-18-14-20-21(2)15-18/h4-8,14-15,17,19H,3,9-13H2,1-2H3. The highest BCUT2D eigenvalue weighted by molar-refractivity contribution is 5.15. The first kappa shape index (κ1) is 15.8. The van der Waals surface area contributed by atoms with Crippen molar-refractivity contribution in [3.05, 3.63) is 53.9 Å². The number of benzene rings is 1. The highest BCUT2D eigenvalue weighted by atomic mass is 15.2. The first-order valence-electron chi connectivity index (χ1n) is 8.00. The lowest BCUT2D eigenvalue weighted by atomic mass is 9.93. The molecule has 0 radical (unpaired) electrons. The van der Waals surface area contributed by atoms with Gasteiger partial charge in [0.1, 0.15) is 0 Å². The molecule has 1 N–H and O–H groups in total. The summed E-state index contributed by atoms with van der Waals surface area (Å²) in [5, 5.41) is 7.83. The molecule has 0 aliphatic carbocycles. The van der Waals surface area contributed by atoms with E-state index in [1.54, 1.807) is 0 Å². The monoisotopic (exact) mass is 285 g/mol. The van der Waals surface area contributed by atoms with Gasteiger partial charge in [-0.1, -0.05) is 37.3 Å². The number of hydrogen-bond donors (Lipinski definition) is 1. The molecule has 3 nitrogen and oxygen atoms in total. The van der Waals surface area contributed by atoms with E-state index in [1.807, 2.05) is 17.9 Å². The minimum Gasteiger partial charge on any atom is -0.316 e. The highest BCUT2D eigenvalue weighted by Gasteiger charge is 2.10. The van der Waals surface area contributed by atoms with Crippen molar-refractivity contribution in [1.82, 2.24) is 15.1 Å². The van der Waals surface area contributed by atoms with Crippen LogP contribution in [-0.4, -0.2) is 22.9 Å². The second-order valence-electron chi connectivity index (χ2n) is 5.82. The molecule has 0 aliphatic rings. The zero-order valence-corrected chi connectivity index (χ0v) is 13.3. The van der Waals surface area contributed by atoms with Gasteiger partial charge in [-0.25, -0.2) is 0 Å². The van der Waals surface area contributed by atoms with Gasteiger partial charge in [0.15, 0.2) is 0 Å². The second-order valence-corrected chi connectivity index (χ2v) is 5.82. The molecule has 0 saturated heterocycles. The summed E-state index contributed by atoms with van der Waals surface area (Å²) in [5.74, 6) is 0.680. The number of aryl methyl sites for hydroxylation is 2. The van der Waals surface area contributed by atoms with Crippen LogP contribution in [0.5, 0.6) is 0 Å². The smallest absolute Gasteiger partial charge is 0.0521 e. The Hall–Kier alpha value is -1.61. The fraction of sp³-hybridized carbons (Fsp3) is 0.500. The Labute approximate surface area is 128 Å². The van der Waals surface area contributed by atoms with E-state index in [0.29, 0.717) is 5.92 Å². The van der Waals surface area contributed by atoms with E-state index in [0.717, 1.165) is 25.9 Å². The van der Waals surface area contributed by atoms with Gasteiger partial charge in [0.05, 0.1) is 6.20 Å². The van der Waals surface area contributed by atoms with Crippen LogP contribution in [0.15, 0.2) is 42.7 Å². The third-order valence-corrected chi connectivity index (χ3v) is 3.83. The number of hydrogen-bond acceptors (Lipinski definition) is 2. The van der Waals surface area contributed by atoms with Crippen LogP contribution < -0.4 is 5.32 Å². The first-order valence-corrected chi connectivity index (χ1v) is 8.00. The SMILES string of the molecule is CCCNCC(CCc1cnn(C)c1)Cc1ccccc1. The van der Waals surface area contributed by atoms with Crippen molar-refractivity contribution in [2.45, 2.75) is 32.6 Å². The molecule has 1 aromatic heterocycles. The molecule has 0 bridgehead atoms. The maximum atomic E-state index is 4.26. The van der Waals surface area contributed by atoms with Crippen molar-refractivity contribution in [2.24, 2.45) is 13.0 Å². The molecule has 1 heterocycles. The molecule has 1 atom stereocenters. The zero-order chi connectivity index (χ0) is 14.9. The first-order chi connectivity index (χ1) is 10.3. The lowest BCUT2D eigenvalue weighted by molar-refractivity contribution is 0.443. The van der Waals surface area contributed by atoms with Gasteiger partial charge in [-0.3, -0.25) is 4.68 Å². The molecule has 3 heteroatoms. The highest BCUT2D eigenvalue weighted by Crippen LogP contribution is 2.15. The normalized spacial score (nSPS) is 12.5. The van der Waals surface area contributed by atoms with Crippen LogP contribution in [0.1, 0.15) is 30.9 Å². The van der Waals surface area contributed by atoms with E-state index < -0.39 is 0 Å². The minimum atomic E-state index is 0.680. The van der Waals surface area contributed by atoms with Crippen LogP contribution in [0, 0.1) is 5.92 Å². The Kier molecular flexibility index (Phi) is 6.48. The van der Waals surface area contributed by atoms with Crippen LogP contribution in [0.3, 0.4) is 0 Å². The fourth-order valence-electron chi connectivity index (χ4n) is 2.68. The molecule has 0 amide bonds. The number of aromatic nitrogens is 2. The summed E-state index contributed by atoms with van der Waals surface area (Å²) in [6.45, 7) is 4.43. The third kappa shape index (κ3) is 5.72. The molecular weight excluding hydrogens is 258 g/mol. The third-order valence-electron chi connectivity index (χ3n) is 3.83. The Morgan fingerprint density at radius 1 is 1.19 bits per heavy atom. The van der Waals surface area contributed by atoms with E-state index in [-0.39, 0.29) is 0 Å². The van der Waals surface area contributed by atoms with Crippen LogP contribution in [0.4, 0.5) is 0 Å². The summed E-state index contributed by atoms with van der Waals surface area (Å²) in [5.41, 5.74) is 2.78. The number of nitrogens with one attached hydrogen (secondary N) is 1. The summed E-state index contributed by atoms with van der Waals surface area (Å²) in [7, 11) is 1.98. The van der Waals surface area contributed by atoms with Gasteiger partial charge in [-0.05, 0) is 55.8 Å². The Morgan fingerprint density at radius 2 is 2.00 bits per heavy atom. The van der Waals surface area contributed by atoms with Gasteiger partial charge in [0.2, 0.25) is 0 Å². The van der Waals surface area contributed by atoms with E-state index in [9.17, 15) is 0 Å². The average Bonchev–Trinajstić information content (AvgIpc) is 2.91. The molecule has 21 heavy (non-hydrogen) atoms. The predicted molar refractivity (Wildman–Crippen MR) is 88.3 cm³/mol. The van der Waals surface area contributed by atoms with Crippen molar-refractivity contribution in [3.63, 3.8) is 0 Å².